The van der Waals surface area contributed by atoms with Crippen LogP contribution in [0.1, 0.15) is 23.2 Å². The number of alkyl halides is 3. The Bertz CT molecular complexity index is 663. The van der Waals surface area contributed by atoms with Gasteiger partial charge in [-0.05, 0) is 47.4 Å². The van der Waals surface area contributed by atoms with Gasteiger partial charge in [0.25, 0.3) is 5.78 Å². The molecule has 1 fully saturated rings. The quantitative estimate of drug-likeness (QED) is 0.728. The molecule has 2 heterocycles. The summed E-state index contributed by atoms with van der Waals surface area (Å²) in [7, 11) is 0. The summed E-state index contributed by atoms with van der Waals surface area (Å²) in [6.07, 6.45) is -3.70. The van der Waals surface area contributed by atoms with Gasteiger partial charge in [-0.1, -0.05) is 6.07 Å². The number of anilines is 1. The second-order valence-electron chi connectivity index (χ2n) is 5.80. The molecule has 3 rings (SSSR count). The first-order valence-electron chi connectivity index (χ1n) is 7.23. The zero-order valence-electron chi connectivity index (χ0n) is 12.1. The van der Waals surface area contributed by atoms with Crippen molar-refractivity contribution < 1.29 is 22.8 Å². The number of ketones is 1. The molecule has 0 aliphatic carbocycles. The average Bonchev–Trinajstić information content (AvgIpc) is 2.73. The lowest BCUT2D eigenvalue weighted by Gasteiger charge is -2.35. The minimum atomic E-state index is -4.23. The molecule has 1 atom stereocenters. The first kappa shape index (κ1) is 16.4. The van der Waals surface area contributed by atoms with Crippen molar-refractivity contribution >= 4 is 33.3 Å². The Labute approximate surface area is 139 Å². The highest BCUT2D eigenvalue weighted by molar-refractivity contribution is 9.10. The third-order valence-corrected chi connectivity index (χ3v) is 4.92. The van der Waals surface area contributed by atoms with Crippen LogP contribution in [0.3, 0.4) is 0 Å². The molecule has 1 saturated heterocycles. The number of hydrogen-bond donors (Lipinski definition) is 0. The first-order valence-corrected chi connectivity index (χ1v) is 8.02. The Morgan fingerprint density at radius 1 is 1.26 bits per heavy atom. The summed E-state index contributed by atoms with van der Waals surface area (Å²) < 4.78 is 39.2. The van der Waals surface area contributed by atoms with Crippen molar-refractivity contribution in [3.8, 4) is 0 Å². The molecule has 0 N–H and O–H groups in total. The molecule has 8 heteroatoms. The number of nitrogens with zero attached hydrogens (tertiary/aromatic N) is 2. The van der Waals surface area contributed by atoms with Crippen LogP contribution in [-0.2, 0) is 4.79 Å². The lowest BCUT2D eigenvalue weighted by Crippen LogP contribution is -2.48. The second kappa shape index (κ2) is 5.90. The Kier molecular flexibility index (Phi) is 4.22. The van der Waals surface area contributed by atoms with Gasteiger partial charge in [0.1, 0.15) is 0 Å². The monoisotopic (exact) mass is 390 g/mol. The van der Waals surface area contributed by atoms with Gasteiger partial charge in [-0.3, -0.25) is 19.4 Å². The molecule has 1 aromatic rings. The van der Waals surface area contributed by atoms with Gasteiger partial charge in [-0.15, -0.1) is 0 Å². The minimum Gasteiger partial charge on any atom is -0.291 e. The van der Waals surface area contributed by atoms with Gasteiger partial charge in [-0.25, -0.2) is 0 Å². The molecule has 1 aromatic carbocycles. The van der Waals surface area contributed by atoms with E-state index in [0.717, 1.165) is 0 Å². The first-order chi connectivity index (χ1) is 10.8. The molecular formula is C15H14BrF3N2O2. The van der Waals surface area contributed by atoms with Crippen LogP contribution in [0.25, 0.3) is 0 Å². The highest BCUT2D eigenvalue weighted by atomic mass is 79.9. The van der Waals surface area contributed by atoms with E-state index in [1.165, 1.54) is 4.90 Å². The van der Waals surface area contributed by atoms with Crippen molar-refractivity contribution in [1.82, 2.24) is 4.90 Å². The van der Waals surface area contributed by atoms with Crippen LogP contribution in [0.4, 0.5) is 18.9 Å². The van der Waals surface area contributed by atoms with E-state index in [2.05, 4.69) is 15.9 Å². The molecule has 1 amide bonds. The molecule has 2 aliphatic heterocycles. The third-order valence-electron chi connectivity index (χ3n) is 4.26. The largest absolute Gasteiger partial charge is 0.393 e. The van der Waals surface area contributed by atoms with Gasteiger partial charge < -0.3 is 0 Å². The van der Waals surface area contributed by atoms with Gasteiger partial charge >= 0.3 is 12.1 Å². The number of piperidine rings is 1. The fraction of sp³-hybridized carbons (Fsp3) is 0.467. The summed E-state index contributed by atoms with van der Waals surface area (Å²) in [4.78, 5) is 27.1. The van der Waals surface area contributed by atoms with Crippen LogP contribution in [0, 0.1) is 5.92 Å². The Morgan fingerprint density at radius 3 is 2.70 bits per heavy atom. The zero-order chi connectivity index (χ0) is 16.8. The molecular weight excluding hydrogens is 377 g/mol. The van der Waals surface area contributed by atoms with Gasteiger partial charge in [0.05, 0.1) is 23.8 Å². The number of halogens is 4. The highest BCUT2D eigenvalue weighted by Gasteiger charge is 2.43. The van der Waals surface area contributed by atoms with E-state index in [4.69, 9.17) is 0 Å². The van der Waals surface area contributed by atoms with Crippen LogP contribution >= 0.6 is 15.9 Å². The molecule has 124 valence electrons. The summed E-state index contributed by atoms with van der Waals surface area (Å²) >= 11 is 3.24. The summed E-state index contributed by atoms with van der Waals surface area (Å²) in [6, 6.07) is 4.98. The number of carbonyl (C=O) groups is 2. The van der Waals surface area contributed by atoms with Crippen molar-refractivity contribution in [1.29, 1.82) is 0 Å². The van der Waals surface area contributed by atoms with Crippen LogP contribution in [-0.4, -0.2) is 42.5 Å². The molecule has 0 bridgehead atoms. The van der Waals surface area contributed by atoms with E-state index in [0.29, 0.717) is 23.1 Å². The molecule has 0 radical (unpaired) electrons. The number of Topliss-reactive ketones (excluding diaryl/α,β-unsaturated/α-hetero) is 1. The number of likely N-dealkylation sites (tertiary alicyclic amines) is 1. The van der Waals surface area contributed by atoms with Crippen molar-refractivity contribution in [2.45, 2.75) is 19.0 Å². The highest BCUT2D eigenvalue weighted by Crippen LogP contribution is 2.36. The van der Waals surface area contributed by atoms with E-state index in [9.17, 15) is 22.8 Å². The number of amides is 1. The third kappa shape index (κ3) is 3.01. The lowest BCUT2D eigenvalue weighted by atomic mass is 9.98. The molecule has 0 spiro atoms. The number of benzene rings is 1. The van der Waals surface area contributed by atoms with Crippen LogP contribution in [0.2, 0.25) is 0 Å². The molecule has 0 unspecified atom stereocenters. The Hall–Kier alpha value is -1.41. The maximum Gasteiger partial charge on any atom is 0.393 e. The average molecular weight is 391 g/mol. The predicted molar refractivity (Wildman–Crippen MR) is 81.2 cm³/mol. The molecule has 2 aliphatic rings. The number of carbonyl (C=O) groups excluding carboxylic acids is 2. The summed E-state index contributed by atoms with van der Waals surface area (Å²) in [5.74, 6) is -2.70. The number of hydrogen-bond acceptors (Lipinski definition) is 3. The fourth-order valence-electron chi connectivity index (χ4n) is 3.09. The van der Waals surface area contributed by atoms with E-state index in [1.807, 2.05) is 0 Å². The van der Waals surface area contributed by atoms with Crippen molar-refractivity contribution in [2.24, 2.45) is 5.92 Å². The smallest absolute Gasteiger partial charge is 0.291 e. The summed E-state index contributed by atoms with van der Waals surface area (Å²) in [5, 5.41) is 0. The fourth-order valence-corrected chi connectivity index (χ4v) is 3.63. The van der Waals surface area contributed by atoms with Gasteiger partial charge in [0.2, 0.25) is 0 Å². The maximum absolute atomic E-state index is 12.9. The maximum atomic E-state index is 12.9. The molecule has 23 heavy (non-hydrogen) atoms. The zero-order valence-corrected chi connectivity index (χ0v) is 13.7. The van der Waals surface area contributed by atoms with Crippen LogP contribution in [0.5, 0.6) is 0 Å². The van der Waals surface area contributed by atoms with Crippen molar-refractivity contribution in [2.75, 3.05) is 24.7 Å². The van der Waals surface area contributed by atoms with Gasteiger partial charge in [-0.2, -0.15) is 13.2 Å². The van der Waals surface area contributed by atoms with Crippen molar-refractivity contribution in [3.05, 3.63) is 28.2 Å². The summed E-state index contributed by atoms with van der Waals surface area (Å²) in [5.41, 5.74) is 0.727. The lowest BCUT2D eigenvalue weighted by molar-refractivity contribution is -0.186. The van der Waals surface area contributed by atoms with Crippen LogP contribution < -0.4 is 4.90 Å². The molecule has 0 aromatic heterocycles. The molecule has 0 saturated carbocycles. The number of rotatable bonds is 2. The normalized spacial score (nSPS) is 22.6. The minimum absolute atomic E-state index is 0.000602. The second-order valence-corrected chi connectivity index (χ2v) is 6.65. The molecule has 4 nitrogen and oxygen atoms in total. The van der Waals surface area contributed by atoms with Gasteiger partial charge in [0.15, 0.2) is 0 Å². The SMILES string of the molecule is O=C1C(=O)N(CN2CCC[C@@H](C(F)(F)F)C2)c2cccc(Br)c21. The predicted octanol–water partition coefficient (Wildman–Crippen LogP) is 3.21. The van der Waals surface area contributed by atoms with Crippen LogP contribution in [0.15, 0.2) is 22.7 Å². The van der Waals surface area contributed by atoms with Crippen molar-refractivity contribution in [3.63, 3.8) is 0 Å². The Balaban J connectivity index is 1.80. The summed E-state index contributed by atoms with van der Waals surface area (Å²) in [6.45, 7) is 0.333. The van der Waals surface area contributed by atoms with E-state index < -0.39 is 23.8 Å². The van der Waals surface area contributed by atoms with E-state index >= 15 is 0 Å². The standard InChI is InChI=1S/C15H14BrF3N2O2/c16-10-4-1-5-11-12(10)13(22)14(23)21(11)8-20-6-2-3-9(7-20)15(17,18)19/h1,4-5,9H,2-3,6-8H2/t9-/m1/s1. The van der Waals surface area contributed by atoms with Gasteiger partial charge in [0, 0.05) is 11.0 Å². The van der Waals surface area contributed by atoms with E-state index in [1.54, 1.807) is 23.1 Å². The van der Waals surface area contributed by atoms with E-state index in [-0.39, 0.29) is 25.2 Å². The Morgan fingerprint density at radius 2 is 2.00 bits per heavy atom. The number of fused-ring (bicyclic) bond motifs is 1. The topological polar surface area (TPSA) is 40.6 Å².